The van der Waals surface area contributed by atoms with Gasteiger partial charge >= 0.3 is 0 Å². The van der Waals surface area contributed by atoms with E-state index in [1.807, 2.05) is 0 Å². The second kappa shape index (κ2) is 8.77. The number of nitrogens with zero attached hydrogens (tertiary/aromatic N) is 2. The number of likely N-dealkylation sites (N-methyl/N-ethyl adjacent to an activating group) is 1. The summed E-state index contributed by atoms with van der Waals surface area (Å²) in [5.74, 6) is 0. The maximum Gasteiger partial charge on any atom is 0.0829 e. The van der Waals surface area contributed by atoms with Crippen LogP contribution in [0.15, 0.2) is 0 Å². The normalized spacial score (nSPS) is 29.7. The lowest BCUT2D eigenvalue weighted by molar-refractivity contribution is -0.129. The van der Waals surface area contributed by atoms with Crippen LogP contribution in [0.2, 0.25) is 0 Å². The molecule has 1 saturated carbocycles. The van der Waals surface area contributed by atoms with Crippen molar-refractivity contribution in [3.8, 4) is 0 Å². The van der Waals surface area contributed by atoms with Crippen molar-refractivity contribution in [3.63, 3.8) is 0 Å². The van der Waals surface area contributed by atoms with E-state index in [1.54, 1.807) is 7.11 Å². The highest BCUT2D eigenvalue weighted by Crippen LogP contribution is 2.31. The minimum Gasteiger partial charge on any atom is -0.383 e. The van der Waals surface area contributed by atoms with E-state index in [2.05, 4.69) is 37.5 Å². The second-order valence-corrected chi connectivity index (χ2v) is 7.85. The summed E-state index contributed by atoms with van der Waals surface area (Å²) >= 11 is 0. The summed E-state index contributed by atoms with van der Waals surface area (Å²) in [6.45, 7) is 15.5. The molecule has 2 fully saturated rings. The van der Waals surface area contributed by atoms with Crippen molar-refractivity contribution in [3.05, 3.63) is 0 Å². The molecule has 23 heavy (non-hydrogen) atoms. The predicted octanol–water partition coefficient (Wildman–Crippen LogP) is 2.00. The first kappa shape index (κ1) is 19.1. The standard InChI is InChI=1S/C18H36N2O3/c1-6-19-7-10-22-17(13-19)14-20(8-9-21-5)15-11-16(12-15)23-18(2,3)4/h15-17H,6-14H2,1-5H3/t15-,16-,17-/m0/s1. The molecule has 0 amide bonds. The minimum absolute atomic E-state index is 0.0406. The van der Waals surface area contributed by atoms with Crippen molar-refractivity contribution in [2.45, 2.75) is 64.4 Å². The quantitative estimate of drug-likeness (QED) is 0.681. The molecular weight excluding hydrogens is 292 g/mol. The van der Waals surface area contributed by atoms with Crippen molar-refractivity contribution >= 4 is 0 Å². The molecule has 0 N–H and O–H groups in total. The Hall–Kier alpha value is -0.200. The highest BCUT2D eigenvalue weighted by molar-refractivity contribution is 4.91. The van der Waals surface area contributed by atoms with Crippen LogP contribution in [0.4, 0.5) is 0 Å². The fourth-order valence-corrected chi connectivity index (χ4v) is 3.50. The average Bonchev–Trinajstić information content (AvgIpc) is 2.46. The lowest BCUT2D eigenvalue weighted by atomic mass is 9.87. The Balaban J connectivity index is 1.81. The van der Waals surface area contributed by atoms with Gasteiger partial charge in [-0.3, -0.25) is 9.80 Å². The number of rotatable bonds is 8. The maximum absolute atomic E-state index is 6.09. The van der Waals surface area contributed by atoms with Crippen LogP contribution in [0.5, 0.6) is 0 Å². The van der Waals surface area contributed by atoms with Gasteiger partial charge in [0.1, 0.15) is 0 Å². The van der Waals surface area contributed by atoms with Gasteiger partial charge in [-0.1, -0.05) is 6.92 Å². The molecule has 1 atom stereocenters. The summed E-state index contributed by atoms with van der Waals surface area (Å²) in [5, 5.41) is 0. The number of methoxy groups -OCH3 is 1. The summed E-state index contributed by atoms with van der Waals surface area (Å²) in [4.78, 5) is 5.03. The van der Waals surface area contributed by atoms with Gasteiger partial charge in [0, 0.05) is 39.3 Å². The van der Waals surface area contributed by atoms with E-state index in [0.29, 0.717) is 18.2 Å². The van der Waals surface area contributed by atoms with Gasteiger partial charge in [-0.25, -0.2) is 0 Å². The molecule has 2 aliphatic rings. The summed E-state index contributed by atoms with van der Waals surface area (Å²) < 4.78 is 17.4. The molecule has 0 aromatic heterocycles. The van der Waals surface area contributed by atoms with Gasteiger partial charge in [0.25, 0.3) is 0 Å². The van der Waals surface area contributed by atoms with Gasteiger partial charge in [-0.15, -0.1) is 0 Å². The van der Waals surface area contributed by atoms with E-state index in [0.717, 1.165) is 58.8 Å². The number of ether oxygens (including phenoxy) is 3. The van der Waals surface area contributed by atoms with E-state index < -0.39 is 0 Å². The second-order valence-electron chi connectivity index (χ2n) is 7.85. The molecule has 0 bridgehead atoms. The summed E-state index contributed by atoms with van der Waals surface area (Å²) in [7, 11) is 1.78. The molecule has 2 rings (SSSR count). The highest BCUT2D eigenvalue weighted by Gasteiger charge is 2.37. The average molecular weight is 328 g/mol. The Morgan fingerprint density at radius 3 is 2.61 bits per heavy atom. The summed E-state index contributed by atoms with van der Waals surface area (Å²) in [6.07, 6.45) is 2.99. The minimum atomic E-state index is -0.0406. The van der Waals surface area contributed by atoms with Crippen molar-refractivity contribution in [2.24, 2.45) is 0 Å². The van der Waals surface area contributed by atoms with Crippen molar-refractivity contribution in [2.75, 3.05) is 53.0 Å². The molecule has 5 heteroatoms. The smallest absolute Gasteiger partial charge is 0.0829 e. The molecule has 0 unspecified atom stereocenters. The molecule has 1 saturated heterocycles. The number of hydrogen-bond donors (Lipinski definition) is 0. The highest BCUT2D eigenvalue weighted by atomic mass is 16.5. The Morgan fingerprint density at radius 1 is 1.26 bits per heavy atom. The van der Waals surface area contributed by atoms with Crippen LogP contribution in [-0.4, -0.2) is 86.7 Å². The van der Waals surface area contributed by atoms with Crippen molar-refractivity contribution < 1.29 is 14.2 Å². The Bertz CT molecular complexity index is 340. The Kier molecular flexibility index (Phi) is 7.29. The molecule has 0 radical (unpaired) electrons. The van der Waals surface area contributed by atoms with Gasteiger partial charge in [0.2, 0.25) is 0 Å². The summed E-state index contributed by atoms with van der Waals surface area (Å²) in [5.41, 5.74) is -0.0406. The fourth-order valence-electron chi connectivity index (χ4n) is 3.50. The molecule has 136 valence electrons. The monoisotopic (exact) mass is 328 g/mol. The Labute approximate surface area is 142 Å². The topological polar surface area (TPSA) is 34.2 Å². The first-order chi connectivity index (χ1) is 10.9. The molecule has 1 heterocycles. The van der Waals surface area contributed by atoms with Gasteiger partial charge in [0.05, 0.1) is 31.0 Å². The largest absolute Gasteiger partial charge is 0.383 e. The molecule has 5 nitrogen and oxygen atoms in total. The third-order valence-corrected chi connectivity index (χ3v) is 4.80. The molecular formula is C18H36N2O3. The van der Waals surface area contributed by atoms with Crippen LogP contribution in [0.25, 0.3) is 0 Å². The SMILES string of the molecule is CCN1CCO[C@H](CN(CCOC)[C@H]2C[C@H](OC(C)(C)C)C2)C1. The first-order valence-electron chi connectivity index (χ1n) is 9.16. The summed E-state index contributed by atoms with van der Waals surface area (Å²) in [6, 6.07) is 0.609. The zero-order valence-electron chi connectivity index (χ0n) is 15.7. The van der Waals surface area contributed by atoms with Crippen molar-refractivity contribution in [1.29, 1.82) is 0 Å². The van der Waals surface area contributed by atoms with E-state index in [-0.39, 0.29) is 5.60 Å². The number of morpholine rings is 1. The van der Waals surface area contributed by atoms with E-state index in [9.17, 15) is 0 Å². The third-order valence-electron chi connectivity index (χ3n) is 4.80. The number of hydrogen-bond acceptors (Lipinski definition) is 5. The maximum atomic E-state index is 6.09. The van der Waals surface area contributed by atoms with Crippen molar-refractivity contribution in [1.82, 2.24) is 9.80 Å². The van der Waals surface area contributed by atoms with Crippen LogP contribution in [0.3, 0.4) is 0 Å². The molecule has 0 aromatic carbocycles. The van der Waals surface area contributed by atoms with Crippen LogP contribution in [0.1, 0.15) is 40.5 Å². The van der Waals surface area contributed by atoms with Gasteiger partial charge in [0.15, 0.2) is 0 Å². The first-order valence-corrected chi connectivity index (χ1v) is 9.16. The van der Waals surface area contributed by atoms with Crippen LogP contribution >= 0.6 is 0 Å². The lowest BCUT2D eigenvalue weighted by Crippen LogP contribution is -2.55. The molecule has 0 spiro atoms. The fraction of sp³-hybridized carbons (Fsp3) is 1.00. The third kappa shape index (κ3) is 6.31. The molecule has 1 aliphatic carbocycles. The lowest BCUT2D eigenvalue weighted by Gasteiger charge is -2.46. The van der Waals surface area contributed by atoms with E-state index in [4.69, 9.17) is 14.2 Å². The van der Waals surface area contributed by atoms with Crippen LogP contribution in [-0.2, 0) is 14.2 Å². The van der Waals surface area contributed by atoms with E-state index in [1.165, 1.54) is 0 Å². The molecule has 0 aromatic rings. The van der Waals surface area contributed by atoms with Gasteiger partial charge in [-0.2, -0.15) is 0 Å². The van der Waals surface area contributed by atoms with Crippen LogP contribution < -0.4 is 0 Å². The predicted molar refractivity (Wildman–Crippen MR) is 93.0 cm³/mol. The van der Waals surface area contributed by atoms with Gasteiger partial charge in [-0.05, 0) is 40.2 Å². The van der Waals surface area contributed by atoms with E-state index >= 15 is 0 Å². The van der Waals surface area contributed by atoms with Gasteiger partial charge < -0.3 is 14.2 Å². The Morgan fingerprint density at radius 2 is 2.00 bits per heavy atom. The zero-order chi connectivity index (χ0) is 16.9. The molecule has 1 aliphatic heterocycles. The van der Waals surface area contributed by atoms with Crippen LogP contribution in [0, 0.1) is 0 Å². The zero-order valence-corrected chi connectivity index (χ0v) is 15.7.